The minimum absolute atomic E-state index is 0.301. The summed E-state index contributed by atoms with van der Waals surface area (Å²) in [6, 6.07) is 0.717. The summed E-state index contributed by atoms with van der Waals surface area (Å²) in [5.41, 5.74) is 0. The number of nitrogens with one attached hydrogen (secondary N) is 1. The van der Waals surface area contributed by atoms with Gasteiger partial charge in [0.15, 0.2) is 0 Å². The SMILES string of the molecule is CC(CO)CNC1CCC(C)C1. The fourth-order valence-corrected chi connectivity index (χ4v) is 1.82. The average Bonchev–Trinajstić information content (AvgIpc) is 2.47. The monoisotopic (exact) mass is 171 g/mol. The number of hydrogen-bond donors (Lipinski definition) is 2. The molecule has 0 amide bonds. The molecule has 2 heteroatoms. The molecule has 0 saturated heterocycles. The van der Waals surface area contributed by atoms with Gasteiger partial charge in [0.2, 0.25) is 0 Å². The second-order valence-electron chi connectivity index (χ2n) is 4.31. The van der Waals surface area contributed by atoms with Crippen LogP contribution in [0.25, 0.3) is 0 Å². The summed E-state index contributed by atoms with van der Waals surface area (Å²) < 4.78 is 0. The van der Waals surface area contributed by atoms with E-state index in [0.717, 1.165) is 12.5 Å². The molecule has 0 aromatic heterocycles. The van der Waals surface area contributed by atoms with E-state index in [4.69, 9.17) is 5.11 Å². The Balaban J connectivity index is 2.07. The normalized spacial score (nSPS) is 32.2. The quantitative estimate of drug-likeness (QED) is 0.670. The van der Waals surface area contributed by atoms with Crippen molar-refractivity contribution in [1.82, 2.24) is 5.32 Å². The lowest BCUT2D eigenvalue weighted by molar-refractivity contribution is 0.230. The number of aliphatic hydroxyl groups is 1. The minimum atomic E-state index is 0.301. The van der Waals surface area contributed by atoms with E-state index in [2.05, 4.69) is 19.2 Å². The number of rotatable bonds is 4. The van der Waals surface area contributed by atoms with Crippen molar-refractivity contribution in [2.45, 2.75) is 39.2 Å². The molecule has 0 spiro atoms. The molecule has 1 aliphatic rings. The third-order valence-electron chi connectivity index (χ3n) is 2.76. The van der Waals surface area contributed by atoms with Gasteiger partial charge < -0.3 is 10.4 Å². The first-order valence-electron chi connectivity index (χ1n) is 5.06. The zero-order chi connectivity index (χ0) is 8.97. The molecular weight excluding hydrogens is 150 g/mol. The van der Waals surface area contributed by atoms with Crippen molar-refractivity contribution in [2.24, 2.45) is 11.8 Å². The van der Waals surface area contributed by atoms with Gasteiger partial charge in [-0.15, -0.1) is 0 Å². The van der Waals surface area contributed by atoms with Gasteiger partial charge in [0.05, 0.1) is 0 Å². The van der Waals surface area contributed by atoms with Crippen LogP contribution < -0.4 is 5.32 Å². The van der Waals surface area contributed by atoms with Gasteiger partial charge in [-0.1, -0.05) is 13.8 Å². The summed E-state index contributed by atoms with van der Waals surface area (Å²) in [4.78, 5) is 0. The maximum atomic E-state index is 8.82. The van der Waals surface area contributed by atoms with Gasteiger partial charge in [0.25, 0.3) is 0 Å². The van der Waals surface area contributed by atoms with Gasteiger partial charge >= 0.3 is 0 Å². The standard InChI is InChI=1S/C10H21NO/c1-8-3-4-10(5-8)11-6-9(2)7-12/h8-12H,3-7H2,1-2H3. The summed E-state index contributed by atoms with van der Waals surface area (Å²) in [7, 11) is 0. The Morgan fingerprint density at radius 2 is 2.25 bits per heavy atom. The van der Waals surface area contributed by atoms with Crippen LogP contribution in [0.1, 0.15) is 33.1 Å². The molecule has 1 rings (SSSR count). The molecular formula is C10H21NO. The van der Waals surface area contributed by atoms with Crippen molar-refractivity contribution >= 4 is 0 Å². The molecule has 1 fully saturated rings. The summed E-state index contributed by atoms with van der Waals surface area (Å²) in [6.07, 6.45) is 4.00. The first-order valence-corrected chi connectivity index (χ1v) is 5.06. The van der Waals surface area contributed by atoms with E-state index in [9.17, 15) is 0 Å². The van der Waals surface area contributed by atoms with Crippen LogP contribution in [0.15, 0.2) is 0 Å². The smallest absolute Gasteiger partial charge is 0.0468 e. The molecule has 72 valence electrons. The molecule has 0 bridgehead atoms. The molecule has 2 nitrogen and oxygen atoms in total. The maximum absolute atomic E-state index is 8.82. The molecule has 1 aliphatic carbocycles. The van der Waals surface area contributed by atoms with Crippen LogP contribution >= 0.6 is 0 Å². The average molecular weight is 171 g/mol. The molecule has 0 radical (unpaired) electrons. The fraction of sp³-hybridized carbons (Fsp3) is 1.00. The van der Waals surface area contributed by atoms with E-state index in [1.165, 1.54) is 19.3 Å². The Labute approximate surface area is 75.4 Å². The molecule has 0 heterocycles. The number of aliphatic hydroxyl groups excluding tert-OH is 1. The van der Waals surface area contributed by atoms with Gasteiger partial charge in [0, 0.05) is 19.2 Å². The highest BCUT2D eigenvalue weighted by atomic mass is 16.3. The van der Waals surface area contributed by atoms with Gasteiger partial charge in [-0.25, -0.2) is 0 Å². The first kappa shape index (κ1) is 10.0. The summed E-state index contributed by atoms with van der Waals surface area (Å²) in [5, 5.41) is 12.3. The van der Waals surface area contributed by atoms with Crippen molar-refractivity contribution in [3.8, 4) is 0 Å². The summed E-state index contributed by atoms with van der Waals surface area (Å²) >= 11 is 0. The Bertz CT molecular complexity index is 127. The number of hydrogen-bond acceptors (Lipinski definition) is 2. The van der Waals surface area contributed by atoms with Crippen molar-refractivity contribution in [3.05, 3.63) is 0 Å². The predicted octanol–water partition coefficient (Wildman–Crippen LogP) is 1.39. The van der Waals surface area contributed by atoms with Gasteiger partial charge in [-0.3, -0.25) is 0 Å². The minimum Gasteiger partial charge on any atom is -0.396 e. The lowest BCUT2D eigenvalue weighted by atomic mass is 10.1. The lowest BCUT2D eigenvalue weighted by Crippen LogP contribution is -2.31. The molecule has 0 aliphatic heterocycles. The van der Waals surface area contributed by atoms with Crippen molar-refractivity contribution < 1.29 is 5.11 Å². The van der Waals surface area contributed by atoms with E-state index in [-0.39, 0.29) is 0 Å². The van der Waals surface area contributed by atoms with Crippen LogP contribution in [0, 0.1) is 11.8 Å². The van der Waals surface area contributed by atoms with Gasteiger partial charge in [0.1, 0.15) is 0 Å². The Morgan fingerprint density at radius 3 is 2.75 bits per heavy atom. The predicted molar refractivity (Wildman–Crippen MR) is 51.1 cm³/mol. The van der Waals surface area contributed by atoms with E-state index < -0.39 is 0 Å². The van der Waals surface area contributed by atoms with Crippen LogP contribution in [0.4, 0.5) is 0 Å². The second kappa shape index (κ2) is 4.83. The topological polar surface area (TPSA) is 32.3 Å². The van der Waals surface area contributed by atoms with E-state index in [1.807, 2.05) is 0 Å². The molecule has 0 aromatic rings. The van der Waals surface area contributed by atoms with Crippen LogP contribution in [-0.2, 0) is 0 Å². The van der Waals surface area contributed by atoms with Crippen LogP contribution in [0.3, 0.4) is 0 Å². The Morgan fingerprint density at radius 1 is 1.50 bits per heavy atom. The van der Waals surface area contributed by atoms with Crippen LogP contribution in [0.5, 0.6) is 0 Å². The van der Waals surface area contributed by atoms with Crippen LogP contribution in [0.2, 0.25) is 0 Å². The van der Waals surface area contributed by atoms with E-state index in [1.54, 1.807) is 0 Å². The maximum Gasteiger partial charge on any atom is 0.0468 e. The molecule has 12 heavy (non-hydrogen) atoms. The largest absolute Gasteiger partial charge is 0.396 e. The molecule has 3 atom stereocenters. The summed E-state index contributed by atoms with van der Waals surface area (Å²) in [5.74, 6) is 1.30. The highest BCUT2D eigenvalue weighted by Gasteiger charge is 2.20. The Hall–Kier alpha value is -0.0800. The van der Waals surface area contributed by atoms with Crippen molar-refractivity contribution in [2.75, 3.05) is 13.2 Å². The zero-order valence-corrected chi connectivity index (χ0v) is 8.21. The van der Waals surface area contributed by atoms with E-state index in [0.29, 0.717) is 18.6 Å². The highest BCUT2D eigenvalue weighted by Crippen LogP contribution is 2.24. The third-order valence-corrected chi connectivity index (χ3v) is 2.76. The first-order chi connectivity index (χ1) is 5.72. The van der Waals surface area contributed by atoms with Gasteiger partial charge in [-0.2, -0.15) is 0 Å². The highest BCUT2D eigenvalue weighted by molar-refractivity contribution is 4.78. The molecule has 3 unspecified atom stereocenters. The van der Waals surface area contributed by atoms with Crippen LogP contribution in [-0.4, -0.2) is 24.3 Å². The van der Waals surface area contributed by atoms with Crippen molar-refractivity contribution in [1.29, 1.82) is 0 Å². The van der Waals surface area contributed by atoms with Gasteiger partial charge in [-0.05, 0) is 31.1 Å². The fourth-order valence-electron chi connectivity index (χ4n) is 1.82. The lowest BCUT2D eigenvalue weighted by Gasteiger charge is -2.15. The third kappa shape index (κ3) is 3.11. The molecule has 2 N–H and O–H groups in total. The second-order valence-corrected chi connectivity index (χ2v) is 4.31. The van der Waals surface area contributed by atoms with E-state index >= 15 is 0 Å². The molecule has 1 saturated carbocycles. The van der Waals surface area contributed by atoms with Crippen molar-refractivity contribution in [3.63, 3.8) is 0 Å². The zero-order valence-electron chi connectivity index (χ0n) is 8.21. The summed E-state index contributed by atoms with van der Waals surface area (Å²) in [6.45, 7) is 5.66. The molecule has 0 aromatic carbocycles. The Kier molecular flexibility index (Phi) is 4.02.